The van der Waals surface area contributed by atoms with Crippen LogP contribution >= 0.6 is 0 Å². The Kier molecular flexibility index (Phi) is 5.32. The molecule has 7 nitrogen and oxygen atoms in total. The maximum absolute atomic E-state index is 12.7. The van der Waals surface area contributed by atoms with Crippen LogP contribution in [-0.4, -0.2) is 46.0 Å². The van der Waals surface area contributed by atoms with Gasteiger partial charge in [-0.2, -0.15) is 0 Å². The fraction of sp³-hybridized carbons (Fsp3) is 0.333. The van der Waals surface area contributed by atoms with Crippen LogP contribution in [-0.2, 0) is 6.42 Å². The summed E-state index contributed by atoms with van der Waals surface area (Å²) in [6, 6.07) is 7.87. The molecule has 1 amide bonds. The van der Waals surface area contributed by atoms with Crippen molar-refractivity contribution in [3.8, 4) is 5.75 Å². The van der Waals surface area contributed by atoms with Crippen molar-refractivity contribution in [2.24, 2.45) is 0 Å². The van der Waals surface area contributed by atoms with E-state index in [-0.39, 0.29) is 11.8 Å². The Labute approximate surface area is 163 Å². The number of oxazole rings is 1. The lowest BCUT2D eigenvalue weighted by Gasteiger charge is -2.30. The van der Waals surface area contributed by atoms with E-state index in [4.69, 9.17) is 9.15 Å². The fourth-order valence-corrected chi connectivity index (χ4v) is 3.56. The number of para-hydroxylation sites is 1. The van der Waals surface area contributed by atoms with E-state index in [1.54, 1.807) is 19.5 Å². The monoisotopic (exact) mass is 378 g/mol. The first-order chi connectivity index (χ1) is 13.7. The molecule has 3 heterocycles. The number of hydrogen-bond donors (Lipinski definition) is 0. The highest BCUT2D eigenvalue weighted by Crippen LogP contribution is 2.29. The molecule has 1 aliphatic rings. The maximum atomic E-state index is 12.7. The van der Waals surface area contributed by atoms with E-state index in [0.29, 0.717) is 31.1 Å². The van der Waals surface area contributed by atoms with Gasteiger partial charge in [0.15, 0.2) is 5.89 Å². The van der Waals surface area contributed by atoms with Crippen molar-refractivity contribution in [1.29, 1.82) is 0 Å². The zero-order chi connectivity index (χ0) is 19.3. The maximum Gasteiger partial charge on any atom is 0.274 e. The lowest BCUT2D eigenvalue weighted by molar-refractivity contribution is 0.0691. The number of hydrogen-bond acceptors (Lipinski definition) is 6. The number of ether oxygens (including phenoxy) is 1. The van der Waals surface area contributed by atoms with Gasteiger partial charge < -0.3 is 14.1 Å². The SMILES string of the molecule is COc1ccccc1Cc1cnc(C2CCCN(C(=O)c3cnccn3)C2)o1. The minimum Gasteiger partial charge on any atom is -0.496 e. The highest BCUT2D eigenvalue weighted by atomic mass is 16.5. The smallest absolute Gasteiger partial charge is 0.274 e. The normalized spacial score (nSPS) is 16.8. The molecular weight excluding hydrogens is 356 g/mol. The van der Waals surface area contributed by atoms with Gasteiger partial charge in [0.2, 0.25) is 0 Å². The Morgan fingerprint density at radius 2 is 2.14 bits per heavy atom. The molecule has 0 spiro atoms. The van der Waals surface area contributed by atoms with Crippen molar-refractivity contribution in [2.75, 3.05) is 20.2 Å². The molecule has 1 unspecified atom stereocenters. The second-order valence-electron chi connectivity index (χ2n) is 6.83. The van der Waals surface area contributed by atoms with Gasteiger partial charge in [-0.05, 0) is 18.9 Å². The van der Waals surface area contributed by atoms with Crippen LogP contribution in [0.15, 0.2) is 53.5 Å². The summed E-state index contributed by atoms with van der Waals surface area (Å²) in [5, 5.41) is 0. The molecule has 3 aromatic rings. The molecule has 0 bridgehead atoms. The lowest BCUT2D eigenvalue weighted by Crippen LogP contribution is -2.39. The highest BCUT2D eigenvalue weighted by Gasteiger charge is 2.29. The van der Waals surface area contributed by atoms with E-state index >= 15 is 0 Å². The summed E-state index contributed by atoms with van der Waals surface area (Å²) in [6.45, 7) is 1.28. The summed E-state index contributed by atoms with van der Waals surface area (Å²) < 4.78 is 11.4. The first-order valence-corrected chi connectivity index (χ1v) is 9.36. The second kappa shape index (κ2) is 8.21. The van der Waals surface area contributed by atoms with Crippen molar-refractivity contribution >= 4 is 5.91 Å². The molecule has 0 N–H and O–H groups in total. The third kappa shape index (κ3) is 3.88. The van der Waals surface area contributed by atoms with Gasteiger partial charge in [0, 0.05) is 37.5 Å². The van der Waals surface area contributed by atoms with Crippen LogP contribution in [0.5, 0.6) is 5.75 Å². The van der Waals surface area contributed by atoms with E-state index in [1.807, 2.05) is 29.2 Å². The van der Waals surface area contributed by atoms with Crippen molar-refractivity contribution in [2.45, 2.75) is 25.2 Å². The summed E-state index contributed by atoms with van der Waals surface area (Å²) in [4.78, 5) is 27.0. The number of carbonyl (C=O) groups is 1. The van der Waals surface area contributed by atoms with Gasteiger partial charge in [-0.1, -0.05) is 18.2 Å². The van der Waals surface area contributed by atoms with Crippen LogP contribution in [0.3, 0.4) is 0 Å². The van der Waals surface area contributed by atoms with E-state index in [0.717, 1.165) is 29.9 Å². The van der Waals surface area contributed by atoms with Crippen molar-refractivity contribution in [3.63, 3.8) is 0 Å². The molecule has 1 aromatic carbocycles. The number of benzene rings is 1. The summed E-state index contributed by atoms with van der Waals surface area (Å²) in [5.41, 5.74) is 1.42. The fourth-order valence-electron chi connectivity index (χ4n) is 3.56. The van der Waals surface area contributed by atoms with Gasteiger partial charge in [-0.25, -0.2) is 9.97 Å². The lowest BCUT2D eigenvalue weighted by atomic mass is 9.98. The summed E-state index contributed by atoms with van der Waals surface area (Å²) in [7, 11) is 1.66. The van der Waals surface area contributed by atoms with Crippen LogP contribution in [0.1, 0.15) is 46.5 Å². The molecule has 0 saturated carbocycles. The molecular formula is C21H22N4O3. The van der Waals surface area contributed by atoms with Crippen LogP contribution < -0.4 is 4.74 Å². The van der Waals surface area contributed by atoms with Crippen LogP contribution in [0.25, 0.3) is 0 Å². The Morgan fingerprint density at radius 3 is 2.96 bits per heavy atom. The first-order valence-electron chi connectivity index (χ1n) is 9.36. The largest absolute Gasteiger partial charge is 0.496 e. The molecule has 0 aliphatic carbocycles. The summed E-state index contributed by atoms with van der Waals surface area (Å²) >= 11 is 0. The molecule has 1 saturated heterocycles. The second-order valence-corrected chi connectivity index (χ2v) is 6.83. The third-order valence-corrected chi connectivity index (χ3v) is 4.97. The number of carbonyl (C=O) groups excluding carboxylic acids is 1. The predicted molar refractivity (Wildman–Crippen MR) is 102 cm³/mol. The first kappa shape index (κ1) is 18.2. The molecule has 1 aliphatic heterocycles. The Bertz CT molecular complexity index is 942. The standard InChI is InChI=1S/C21H22N4O3/c1-27-19-7-3-2-5-15(19)11-17-12-24-20(28-17)16-6-4-10-25(14-16)21(26)18-13-22-8-9-23-18/h2-3,5,7-9,12-13,16H,4,6,10-11,14H2,1H3. The van der Waals surface area contributed by atoms with Gasteiger partial charge in [0.05, 0.1) is 25.4 Å². The minimum absolute atomic E-state index is 0.0841. The quantitative estimate of drug-likeness (QED) is 0.679. The summed E-state index contributed by atoms with van der Waals surface area (Å²) in [5.74, 6) is 2.29. The number of methoxy groups -OCH3 is 1. The van der Waals surface area contributed by atoms with E-state index < -0.39 is 0 Å². The number of likely N-dealkylation sites (tertiary alicyclic amines) is 1. The minimum atomic E-state index is -0.0985. The van der Waals surface area contributed by atoms with Gasteiger partial charge in [0.1, 0.15) is 17.2 Å². The van der Waals surface area contributed by atoms with Crippen LogP contribution in [0.2, 0.25) is 0 Å². The molecule has 1 fully saturated rings. The molecule has 7 heteroatoms. The number of rotatable bonds is 5. The predicted octanol–water partition coefficient (Wildman–Crippen LogP) is 3.08. The topological polar surface area (TPSA) is 81.4 Å². The van der Waals surface area contributed by atoms with Crippen LogP contribution in [0, 0.1) is 0 Å². The average Bonchev–Trinajstić information content (AvgIpc) is 3.23. The van der Waals surface area contributed by atoms with E-state index in [1.165, 1.54) is 12.4 Å². The zero-order valence-electron chi connectivity index (χ0n) is 15.7. The number of aromatic nitrogens is 3. The van der Waals surface area contributed by atoms with E-state index in [2.05, 4.69) is 15.0 Å². The summed E-state index contributed by atoms with van der Waals surface area (Å²) in [6.07, 6.45) is 8.83. The average molecular weight is 378 g/mol. The molecule has 144 valence electrons. The van der Waals surface area contributed by atoms with Gasteiger partial charge in [-0.15, -0.1) is 0 Å². The molecule has 1 atom stereocenters. The van der Waals surface area contributed by atoms with Crippen molar-refractivity contribution < 1.29 is 13.9 Å². The van der Waals surface area contributed by atoms with Gasteiger partial charge >= 0.3 is 0 Å². The molecule has 4 rings (SSSR count). The van der Waals surface area contributed by atoms with E-state index in [9.17, 15) is 4.79 Å². The zero-order valence-corrected chi connectivity index (χ0v) is 15.7. The van der Waals surface area contributed by atoms with Crippen LogP contribution in [0.4, 0.5) is 0 Å². The Morgan fingerprint density at radius 1 is 1.25 bits per heavy atom. The van der Waals surface area contributed by atoms with Crippen molar-refractivity contribution in [1.82, 2.24) is 19.9 Å². The molecule has 0 radical (unpaired) electrons. The Hall–Kier alpha value is -3.22. The molecule has 28 heavy (non-hydrogen) atoms. The van der Waals surface area contributed by atoms with Gasteiger partial charge in [-0.3, -0.25) is 9.78 Å². The number of nitrogens with zero attached hydrogens (tertiary/aromatic N) is 4. The highest BCUT2D eigenvalue weighted by molar-refractivity contribution is 5.92. The number of amides is 1. The molecule has 2 aromatic heterocycles. The third-order valence-electron chi connectivity index (χ3n) is 4.97. The Balaban J connectivity index is 1.45. The van der Waals surface area contributed by atoms with Gasteiger partial charge in [0.25, 0.3) is 5.91 Å². The van der Waals surface area contributed by atoms with Crippen molar-refractivity contribution in [3.05, 3.63) is 72.0 Å². The number of piperidine rings is 1.